The highest BCUT2D eigenvalue weighted by Crippen LogP contribution is 2.50. The molecule has 0 aliphatic heterocycles. The Labute approximate surface area is 305 Å². The molecular formula is C40H26F10O2P2. The Balaban J connectivity index is 1.79. The molecule has 2 nitrogen and oxygen atoms in total. The van der Waals surface area contributed by atoms with Gasteiger partial charge in [0, 0.05) is 11.1 Å². The standard InChI is InChI=1S/C40H26F10O2P2/c41-37(42,43)39(47,48)51-31-23-13-25-33(53(27-15-5-1-6-16-27)28-17-7-2-8-18-28)35(31)36-32(52-40(49,50)38(44,45)46)24-14-26-34(36)54(29-19-9-3-10-20-29)30-21-11-4-12-22-30/h1-26H. The number of hydrogen-bond acceptors (Lipinski definition) is 2. The first-order chi connectivity index (χ1) is 25.6. The van der Waals surface area contributed by atoms with E-state index in [0.717, 1.165) is 24.3 Å². The summed E-state index contributed by atoms with van der Waals surface area (Å²) in [6.07, 6.45) is -24.1. The maximum atomic E-state index is 15.0. The molecule has 0 saturated carbocycles. The molecule has 0 N–H and O–H groups in total. The minimum absolute atomic E-state index is 0.0153. The van der Waals surface area contributed by atoms with Crippen molar-refractivity contribution >= 4 is 47.7 Å². The lowest BCUT2D eigenvalue weighted by atomic mass is 10.0. The molecule has 0 radical (unpaired) electrons. The zero-order valence-corrected chi connectivity index (χ0v) is 29.3. The van der Waals surface area contributed by atoms with Gasteiger partial charge in [-0.2, -0.15) is 43.9 Å². The highest BCUT2D eigenvalue weighted by Gasteiger charge is 2.62. The maximum Gasteiger partial charge on any atom is 0.499 e. The summed E-state index contributed by atoms with van der Waals surface area (Å²) >= 11 is 0. The van der Waals surface area contributed by atoms with Gasteiger partial charge in [0.05, 0.1) is 0 Å². The summed E-state index contributed by atoms with van der Waals surface area (Å²) in [6.45, 7) is 0. The zero-order chi connectivity index (χ0) is 38.7. The predicted octanol–water partition coefficient (Wildman–Crippen LogP) is 9.94. The molecule has 0 aliphatic carbocycles. The SMILES string of the molecule is FC(F)(F)C(F)(F)Oc1cccc(P(c2ccccc2)c2ccccc2)c1-c1c(OC(F)(F)C(F)(F)F)cccc1P(c1ccccc1)c1ccccc1. The van der Waals surface area contributed by atoms with Gasteiger partial charge in [0.1, 0.15) is 11.5 Å². The molecule has 0 saturated heterocycles. The summed E-state index contributed by atoms with van der Waals surface area (Å²) in [6, 6.07) is 40.3. The van der Waals surface area contributed by atoms with Gasteiger partial charge in [-0.25, -0.2) is 0 Å². The van der Waals surface area contributed by atoms with Gasteiger partial charge in [0.25, 0.3) is 0 Å². The van der Waals surface area contributed by atoms with Crippen LogP contribution in [-0.2, 0) is 0 Å². The number of alkyl halides is 10. The van der Waals surface area contributed by atoms with Crippen molar-refractivity contribution in [1.29, 1.82) is 0 Å². The molecule has 0 aromatic heterocycles. The number of benzene rings is 6. The third-order valence-electron chi connectivity index (χ3n) is 7.93. The van der Waals surface area contributed by atoms with Gasteiger partial charge in [-0.3, -0.25) is 0 Å². The van der Waals surface area contributed by atoms with Crippen LogP contribution in [0.15, 0.2) is 158 Å². The monoisotopic (exact) mass is 790 g/mol. The van der Waals surface area contributed by atoms with E-state index in [0.29, 0.717) is 21.2 Å². The quantitative estimate of drug-likeness (QED) is 0.0962. The van der Waals surface area contributed by atoms with E-state index in [1.54, 1.807) is 121 Å². The molecule has 278 valence electrons. The van der Waals surface area contributed by atoms with Crippen molar-refractivity contribution in [3.05, 3.63) is 158 Å². The summed E-state index contributed by atoms with van der Waals surface area (Å²) in [4.78, 5) is 0. The molecule has 6 rings (SSSR count). The van der Waals surface area contributed by atoms with Crippen LogP contribution in [0, 0.1) is 0 Å². The van der Waals surface area contributed by atoms with Crippen LogP contribution in [0.1, 0.15) is 0 Å². The summed E-state index contributed by atoms with van der Waals surface area (Å²) in [5.41, 5.74) is -1.16. The highest BCUT2D eigenvalue weighted by molar-refractivity contribution is 7.80. The first-order valence-corrected chi connectivity index (χ1v) is 18.6. The van der Waals surface area contributed by atoms with E-state index in [4.69, 9.17) is 0 Å². The van der Waals surface area contributed by atoms with Crippen molar-refractivity contribution in [3.63, 3.8) is 0 Å². The van der Waals surface area contributed by atoms with E-state index < -0.39 is 63.0 Å². The molecular weight excluding hydrogens is 764 g/mol. The van der Waals surface area contributed by atoms with E-state index in [1.807, 2.05) is 0 Å². The lowest BCUT2D eigenvalue weighted by Gasteiger charge is -2.31. The Bertz CT molecular complexity index is 1930. The summed E-state index contributed by atoms with van der Waals surface area (Å²) < 4.78 is 152. The van der Waals surface area contributed by atoms with Crippen LogP contribution in [0.3, 0.4) is 0 Å². The van der Waals surface area contributed by atoms with Crippen molar-refractivity contribution in [1.82, 2.24) is 0 Å². The Morgan fingerprint density at radius 3 is 0.815 bits per heavy atom. The number of halogens is 10. The van der Waals surface area contributed by atoms with Gasteiger partial charge >= 0.3 is 24.6 Å². The number of ether oxygens (including phenoxy) is 2. The second-order valence-corrected chi connectivity index (χ2v) is 15.9. The fraction of sp³-hybridized carbons (Fsp3) is 0.100. The smallest absolute Gasteiger partial charge is 0.425 e. The minimum atomic E-state index is -6.24. The lowest BCUT2D eigenvalue weighted by Crippen LogP contribution is -2.43. The van der Waals surface area contributed by atoms with Gasteiger partial charge < -0.3 is 9.47 Å². The van der Waals surface area contributed by atoms with E-state index in [9.17, 15) is 43.9 Å². The van der Waals surface area contributed by atoms with Crippen molar-refractivity contribution < 1.29 is 53.4 Å². The van der Waals surface area contributed by atoms with E-state index in [2.05, 4.69) is 9.47 Å². The molecule has 0 spiro atoms. The van der Waals surface area contributed by atoms with Crippen LogP contribution in [0.5, 0.6) is 11.5 Å². The predicted molar refractivity (Wildman–Crippen MR) is 193 cm³/mol. The van der Waals surface area contributed by atoms with Gasteiger partial charge in [0.15, 0.2) is 0 Å². The third kappa shape index (κ3) is 8.10. The van der Waals surface area contributed by atoms with Crippen molar-refractivity contribution in [3.8, 4) is 22.6 Å². The summed E-state index contributed by atoms with van der Waals surface area (Å²) in [7, 11) is -3.90. The largest absolute Gasteiger partial charge is 0.499 e. The van der Waals surface area contributed by atoms with Gasteiger partial charge in [-0.1, -0.05) is 146 Å². The van der Waals surface area contributed by atoms with Crippen molar-refractivity contribution in [2.24, 2.45) is 0 Å². The molecule has 0 amide bonds. The fourth-order valence-corrected chi connectivity index (χ4v) is 10.6. The zero-order valence-electron chi connectivity index (χ0n) is 27.5. The maximum absolute atomic E-state index is 15.0. The molecule has 0 unspecified atom stereocenters. The molecule has 54 heavy (non-hydrogen) atoms. The van der Waals surface area contributed by atoms with Crippen LogP contribution < -0.4 is 41.3 Å². The molecule has 0 atom stereocenters. The Morgan fingerprint density at radius 2 is 0.574 bits per heavy atom. The molecule has 0 bridgehead atoms. The van der Waals surface area contributed by atoms with Crippen LogP contribution >= 0.6 is 15.8 Å². The Morgan fingerprint density at radius 1 is 0.315 bits per heavy atom. The molecule has 6 aromatic rings. The average Bonchev–Trinajstić information content (AvgIpc) is 3.13. The average molecular weight is 791 g/mol. The van der Waals surface area contributed by atoms with Crippen LogP contribution in [-0.4, -0.2) is 24.6 Å². The molecule has 6 aromatic carbocycles. The normalized spacial score (nSPS) is 12.6. The van der Waals surface area contributed by atoms with E-state index in [1.165, 1.54) is 12.1 Å². The van der Waals surface area contributed by atoms with Gasteiger partial charge in [0.2, 0.25) is 0 Å². The topological polar surface area (TPSA) is 18.5 Å². The third-order valence-corrected chi connectivity index (χ3v) is 12.9. The van der Waals surface area contributed by atoms with Crippen LogP contribution in [0.25, 0.3) is 11.1 Å². The Kier molecular flexibility index (Phi) is 11.1. The van der Waals surface area contributed by atoms with E-state index in [-0.39, 0.29) is 10.6 Å². The fourth-order valence-electron chi connectivity index (χ4n) is 5.64. The molecule has 0 heterocycles. The molecule has 14 heteroatoms. The molecule has 0 aliphatic rings. The summed E-state index contributed by atoms with van der Waals surface area (Å²) in [5, 5.41) is 2.23. The first kappa shape index (κ1) is 38.8. The first-order valence-electron chi connectivity index (χ1n) is 15.9. The van der Waals surface area contributed by atoms with Crippen LogP contribution in [0.4, 0.5) is 43.9 Å². The molecule has 0 fully saturated rings. The van der Waals surface area contributed by atoms with Crippen LogP contribution in [0.2, 0.25) is 0 Å². The lowest BCUT2D eigenvalue weighted by molar-refractivity contribution is -0.360. The number of rotatable bonds is 11. The Hall–Kier alpha value is -4.92. The van der Waals surface area contributed by atoms with Crippen molar-refractivity contribution in [2.45, 2.75) is 24.6 Å². The highest BCUT2D eigenvalue weighted by atomic mass is 31.1. The van der Waals surface area contributed by atoms with Gasteiger partial charge in [-0.15, -0.1) is 0 Å². The minimum Gasteiger partial charge on any atom is -0.425 e. The number of hydrogen-bond donors (Lipinski definition) is 0. The van der Waals surface area contributed by atoms with Gasteiger partial charge in [-0.05, 0) is 59.8 Å². The van der Waals surface area contributed by atoms with E-state index >= 15 is 0 Å². The van der Waals surface area contributed by atoms with Crippen molar-refractivity contribution in [2.75, 3.05) is 0 Å². The second kappa shape index (κ2) is 15.4. The second-order valence-electron chi connectivity index (χ2n) is 11.5. The summed E-state index contributed by atoms with van der Waals surface area (Å²) in [5.74, 6) is -2.25.